The molecule has 2 heterocycles. The van der Waals surface area contributed by atoms with E-state index in [1.54, 1.807) is 36.1 Å². The summed E-state index contributed by atoms with van der Waals surface area (Å²) in [6.45, 7) is 6.04. The lowest BCUT2D eigenvalue weighted by atomic mass is 10.1. The molecule has 0 aliphatic rings. The maximum absolute atomic E-state index is 12.5. The zero-order valence-electron chi connectivity index (χ0n) is 17.0. The summed E-state index contributed by atoms with van der Waals surface area (Å²) in [5.74, 6) is 0.752. The highest BCUT2D eigenvalue weighted by Gasteiger charge is 2.19. The minimum atomic E-state index is -0.285. The average Bonchev–Trinajstić information content (AvgIpc) is 3.36. The Morgan fingerprint density at radius 1 is 1.13 bits per heavy atom. The fourth-order valence-corrected chi connectivity index (χ4v) is 3.60. The van der Waals surface area contributed by atoms with Crippen LogP contribution in [0.5, 0.6) is 5.75 Å². The van der Waals surface area contributed by atoms with Crippen LogP contribution in [0.15, 0.2) is 42.5 Å². The summed E-state index contributed by atoms with van der Waals surface area (Å²) in [5.41, 5.74) is 5.16. The molecule has 1 N–H and O–H groups in total. The van der Waals surface area contributed by atoms with Crippen molar-refractivity contribution in [1.29, 1.82) is 0 Å². The van der Waals surface area contributed by atoms with Crippen molar-refractivity contribution in [3.8, 4) is 23.0 Å². The lowest BCUT2D eigenvalue weighted by molar-refractivity contribution is 0.102. The van der Waals surface area contributed by atoms with Crippen LogP contribution in [0.3, 0.4) is 0 Å². The first kappa shape index (κ1) is 19.7. The third-order valence-electron chi connectivity index (χ3n) is 4.89. The smallest absolute Gasteiger partial charge is 0.257 e. The Labute approximate surface area is 177 Å². The van der Waals surface area contributed by atoms with Gasteiger partial charge in [-0.15, -0.1) is 5.10 Å². The molecule has 0 fully saturated rings. The highest BCUT2D eigenvalue weighted by Crippen LogP contribution is 2.26. The number of anilines is 1. The zero-order valence-corrected chi connectivity index (χ0v) is 17.8. The summed E-state index contributed by atoms with van der Waals surface area (Å²) >= 11 is 1.10. The van der Waals surface area contributed by atoms with Gasteiger partial charge in [0.2, 0.25) is 5.13 Å². The number of nitrogens with one attached hydrogen (secondary N) is 1. The van der Waals surface area contributed by atoms with E-state index in [9.17, 15) is 4.79 Å². The number of carbonyl (C=O) groups excluding carboxylic acids is 1. The highest BCUT2D eigenvalue weighted by atomic mass is 32.1. The summed E-state index contributed by atoms with van der Waals surface area (Å²) in [4.78, 5) is 16.9. The molecule has 0 saturated carbocycles. The van der Waals surface area contributed by atoms with Crippen LogP contribution in [0, 0.1) is 20.8 Å². The van der Waals surface area contributed by atoms with E-state index in [1.807, 2.05) is 19.1 Å². The number of hydrogen-bond donors (Lipinski definition) is 1. The van der Waals surface area contributed by atoms with Crippen LogP contribution < -0.4 is 10.1 Å². The average molecular weight is 420 g/mol. The third-order valence-corrected chi connectivity index (χ3v) is 5.52. The molecule has 0 atom stereocenters. The molecular formula is C21H20N6O2S. The van der Waals surface area contributed by atoms with Crippen LogP contribution >= 0.6 is 11.5 Å². The first-order chi connectivity index (χ1) is 14.5. The van der Waals surface area contributed by atoms with Crippen molar-refractivity contribution in [2.75, 3.05) is 12.4 Å². The minimum Gasteiger partial charge on any atom is -0.497 e. The number of hydrogen-bond acceptors (Lipinski definition) is 7. The van der Waals surface area contributed by atoms with Crippen molar-refractivity contribution in [3.05, 3.63) is 64.8 Å². The van der Waals surface area contributed by atoms with E-state index in [0.717, 1.165) is 28.5 Å². The van der Waals surface area contributed by atoms with E-state index in [4.69, 9.17) is 4.74 Å². The summed E-state index contributed by atoms with van der Waals surface area (Å²) in [7, 11) is 1.56. The van der Waals surface area contributed by atoms with E-state index in [-0.39, 0.29) is 5.91 Å². The SMILES string of the molecule is COc1cccc(C(=O)Nc2nc(-c3nnn(-c4cccc(C)c4C)c3C)ns2)c1. The van der Waals surface area contributed by atoms with Gasteiger partial charge in [0.25, 0.3) is 5.91 Å². The molecule has 4 aromatic rings. The first-order valence-corrected chi connectivity index (χ1v) is 10.0. The van der Waals surface area contributed by atoms with Gasteiger partial charge in [-0.25, -0.2) is 4.68 Å². The molecule has 8 nitrogen and oxygen atoms in total. The molecule has 152 valence electrons. The Morgan fingerprint density at radius 2 is 1.93 bits per heavy atom. The number of methoxy groups -OCH3 is 1. The third kappa shape index (κ3) is 3.67. The highest BCUT2D eigenvalue weighted by molar-refractivity contribution is 7.10. The monoisotopic (exact) mass is 420 g/mol. The van der Waals surface area contributed by atoms with E-state index in [2.05, 4.69) is 44.9 Å². The molecule has 0 bridgehead atoms. The van der Waals surface area contributed by atoms with Gasteiger partial charge in [0.1, 0.15) is 5.75 Å². The lowest BCUT2D eigenvalue weighted by Gasteiger charge is -2.09. The van der Waals surface area contributed by atoms with Gasteiger partial charge in [-0.3, -0.25) is 10.1 Å². The molecule has 2 aromatic heterocycles. The summed E-state index contributed by atoms with van der Waals surface area (Å²) < 4.78 is 11.3. The zero-order chi connectivity index (χ0) is 21.3. The predicted octanol–water partition coefficient (Wildman–Crippen LogP) is 3.97. The molecule has 0 unspecified atom stereocenters. The number of aromatic nitrogens is 5. The van der Waals surface area contributed by atoms with Crippen LogP contribution in [-0.2, 0) is 0 Å². The normalized spacial score (nSPS) is 10.8. The Bertz CT molecular complexity index is 1230. The Kier molecular flexibility index (Phi) is 5.28. The number of ether oxygens (including phenoxy) is 1. The van der Waals surface area contributed by atoms with E-state index in [1.165, 1.54) is 5.56 Å². The van der Waals surface area contributed by atoms with Gasteiger partial charge < -0.3 is 4.74 Å². The molecule has 0 aliphatic heterocycles. The predicted molar refractivity (Wildman–Crippen MR) is 115 cm³/mol. The number of amides is 1. The van der Waals surface area contributed by atoms with Gasteiger partial charge in [-0.05, 0) is 56.2 Å². The fourth-order valence-electron chi connectivity index (χ4n) is 3.03. The van der Waals surface area contributed by atoms with Crippen LogP contribution in [-0.4, -0.2) is 37.4 Å². The lowest BCUT2D eigenvalue weighted by Crippen LogP contribution is -2.11. The number of benzene rings is 2. The Balaban J connectivity index is 1.58. The summed E-state index contributed by atoms with van der Waals surface area (Å²) in [6, 6.07) is 13.0. The van der Waals surface area contributed by atoms with Crippen molar-refractivity contribution < 1.29 is 9.53 Å². The molecule has 4 rings (SSSR count). The van der Waals surface area contributed by atoms with Gasteiger partial charge in [0.15, 0.2) is 11.5 Å². The molecular weight excluding hydrogens is 400 g/mol. The summed E-state index contributed by atoms with van der Waals surface area (Å²) in [6.07, 6.45) is 0. The van der Waals surface area contributed by atoms with Crippen molar-refractivity contribution in [2.45, 2.75) is 20.8 Å². The molecule has 30 heavy (non-hydrogen) atoms. The number of carbonyl (C=O) groups is 1. The molecule has 2 aromatic carbocycles. The van der Waals surface area contributed by atoms with Crippen LogP contribution in [0.1, 0.15) is 27.2 Å². The summed E-state index contributed by atoms with van der Waals surface area (Å²) in [5, 5.41) is 11.7. The molecule has 0 radical (unpaired) electrons. The van der Waals surface area contributed by atoms with E-state index in [0.29, 0.717) is 28.0 Å². The second kappa shape index (κ2) is 8.03. The van der Waals surface area contributed by atoms with Gasteiger partial charge >= 0.3 is 0 Å². The molecule has 0 aliphatic carbocycles. The molecule has 1 amide bonds. The number of rotatable bonds is 5. The van der Waals surface area contributed by atoms with Crippen LogP contribution in [0.25, 0.3) is 17.2 Å². The largest absolute Gasteiger partial charge is 0.497 e. The van der Waals surface area contributed by atoms with Crippen molar-refractivity contribution >= 4 is 22.6 Å². The van der Waals surface area contributed by atoms with Gasteiger partial charge in [0, 0.05) is 17.1 Å². The molecule has 0 saturated heterocycles. The Morgan fingerprint density at radius 3 is 2.73 bits per heavy atom. The van der Waals surface area contributed by atoms with Crippen LogP contribution in [0.4, 0.5) is 5.13 Å². The number of aryl methyl sites for hydroxylation is 1. The number of nitrogens with zero attached hydrogens (tertiary/aromatic N) is 5. The van der Waals surface area contributed by atoms with Gasteiger partial charge in [-0.2, -0.15) is 9.36 Å². The van der Waals surface area contributed by atoms with Gasteiger partial charge in [0.05, 0.1) is 18.5 Å². The molecule has 0 spiro atoms. The second-order valence-electron chi connectivity index (χ2n) is 6.76. The van der Waals surface area contributed by atoms with Crippen molar-refractivity contribution in [2.24, 2.45) is 0 Å². The van der Waals surface area contributed by atoms with Crippen LogP contribution in [0.2, 0.25) is 0 Å². The Hall–Kier alpha value is -3.59. The van der Waals surface area contributed by atoms with E-state index < -0.39 is 0 Å². The first-order valence-electron chi connectivity index (χ1n) is 9.26. The quantitative estimate of drug-likeness (QED) is 0.525. The van der Waals surface area contributed by atoms with Crippen molar-refractivity contribution in [3.63, 3.8) is 0 Å². The maximum Gasteiger partial charge on any atom is 0.257 e. The fraction of sp³-hybridized carbons (Fsp3) is 0.190. The maximum atomic E-state index is 12.5. The topological polar surface area (TPSA) is 94.8 Å². The van der Waals surface area contributed by atoms with E-state index >= 15 is 0 Å². The van der Waals surface area contributed by atoms with Gasteiger partial charge in [-0.1, -0.05) is 23.4 Å². The minimum absolute atomic E-state index is 0.285. The second-order valence-corrected chi connectivity index (χ2v) is 7.52. The van der Waals surface area contributed by atoms with Crippen molar-refractivity contribution in [1.82, 2.24) is 24.4 Å². The standard InChI is InChI=1S/C21H20N6O2S/c1-12-7-5-10-17(13(12)2)27-14(3)18(24-26-27)19-22-21(30-25-19)23-20(28)15-8-6-9-16(11-15)29-4/h5-11H,1-4H3,(H,22,23,25,28). The molecule has 9 heteroatoms.